The van der Waals surface area contributed by atoms with Crippen molar-refractivity contribution in [2.75, 3.05) is 20.2 Å². The molecule has 2 fully saturated rings. The van der Waals surface area contributed by atoms with Crippen LogP contribution in [-0.4, -0.2) is 41.3 Å². The molecule has 4 rings (SSSR count). The number of ether oxygens (including phenoxy) is 1. The molecule has 152 valence electrons. The summed E-state index contributed by atoms with van der Waals surface area (Å²) < 4.78 is 11.5. The van der Waals surface area contributed by atoms with Gasteiger partial charge >= 0.3 is 0 Å². The Labute approximate surface area is 168 Å². The highest BCUT2D eigenvalue weighted by atomic mass is 16.5. The minimum atomic E-state index is -0.0794. The summed E-state index contributed by atoms with van der Waals surface area (Å²) in [5.74, 6) is 1.59. The second-order valence-corrected chi connectivity index (χ2v) is 8.68. The maximum atomic E-state index is 5.84. The predicted octanol–water partition coefficient (Wildman–Crippen LogP) is 4.63. The molecule has 2 heterocycles. The number of rotatable bonds is 7. The van der Waals surface area contributed by atoms with E-state index < -0.39 is 0 Å². The lowest BCUT2D eigenvalue weighted by molar-refractivity contribution is 0.00602. The minimum Gasteiger partial charge on any atom is -0.378 e. The fraction of sp³-hybridized carbons (Fsp3) is 0.652. The molecule has 1 atom stereocenters. The van der Waals surface area contributed by atoms with Gasteiger partial charge in [0.15, 0.2) is 5.82 Å². The predicted molar refractivity (Wildman–Crippen MR) is 109 cm³/mol. The number of nitrogens with zero attached hydrogens (tertiary/aromatic N) is 3. The van der Waals surface area contributed by atoms with Crippen LogP contribution < -0.4 is 0 Å². The van der Waals surface area contributed by atoms with Crippen LogP contribution in [0.15, 0.2) is 28.8 Å². The van der Waals surface area contributed by atoms with Crippen LogP contribution in [0.3, 0.4) is 0 Å². The molecule has 1 saturated carbocycles. The summed E-state index contributed by atoms with van der Waals surface area (Å²) >= 11 is 0. The lowest BCUT2D eigenvalue weighted by Gasteiger charge is -2.26. The molecular weight excluding hydrogens is 350 g/mol. The van der Waals surface area contributed by atoms with Gasteiger partial charge in [0.1, 0.15) is 0 Å². The molecule has 1 unspecified atom stereocenters. The molecule has 0 bridgehead atoms. The largest absolute Gasteiger partial charge is 0.378 e. The Kier molecular flexibility index (Phi) is 6.12. The van der Waals surface area contributed by atoms with Crippen LogP contribution in [0.2, 0.25) is 0 Å². The third kappa shape index (κ3) is 4.31. The van der Waals surface area contributed by atoms with Crippen LogP contribution in [0.4, 0.5) is 0 Å². The van der Waals surface area contributed by atoms with Crippen LogP contribution in [0.1, 0.15) is 74.2 Å². The maximum absolute atomic E-state index is 5.84. The summed E-state index contributed by atoms with van der Waals surface area (Å²) in [6, 6.07) is 8.87. The van der Waals surface area contributed by atoms with E-state index in [2.05, 4.69) is 48.3 Å². The SMILES string of the molecule is Cc1ccc(C2(c3noc(CN(C)CCC4CCCCO4)n3)CCCC2)cc1. The van der Waals surface area contributed by atoms with Gasteiger partial charge in [0, 0.05) is 13.2 Å². The molecule has 1 aromatic carbocycles. The van der Waals surface area contributed by atoms with Crippen molar-refractivity contribution in [1.82, 2.24) is 15.0 Å². The number of hydrogen-bond acceptors (Lipinski definition) is 5. The van der Waals surface area contributed by atoms with Crippen LogP contribution >= 0.6 is 0 Å². The van der Waals surface area contributed by atoms with Crippen LogP contribution in [0.5, 0.6) is 0 Å². The van der Waals surface area contributed by atoms with Crippen molar-refractivity contribution in [2.24, 2.45) is 0 Å². The minimum absolute atomic E-state index is 0.0794. The zero-order valence-corrected chi connectivity index (χ0v) is 17.3. The van der Waals surface area contributed by atoms with Crippen LogP contribution in [0.25, 0.3) is 0 Å². The lowest BCUT2D eigenvalue weighted by Crippen LogP contribution is -2.27. The van der Waals surface area contributed by atoms with Crippen molar-refractivity contribution >= 4 is 0 Å². The first-order chi connectivity index (χ1) is 13.7. The average Bonchev–Trinajstić information content (AvgIpc) is 3.38. The van der Waals surface area contributed by atoms with E-state index in [1.54, 1.807) is 0 Å². The number of aromatic nitrogens is 2. The Balaban J connectivity index is 1.41. The van der Waals surface area contributed by atoms with E-state index in [9.17, 15) is 0 Å². The van der Waals surface area contributed by atoms with Crippen LogP contribution in [-0.2, 0) is 16.7 Å². The van der Waals surface area contributed by atoms with Crippen molar-refractivity contribution < 1.29 is 9.26 Å². The molecule has 0 amide bonds. The van der Waals surface area contributed by atoms with E-state index in [0.29, 0.717) is 12.6 Å². The van der Waals surface area contributed by atoms with E-state index in [1.807, 2.05) is 0 Å². The molecule has 2 aromatic rings. The van der Waals surface area contributed by atoms with Crippen molar-refractivity contribution in [1.29, 1.82) is 0 Å². The highest BCUT2D eigenvalue weighted by Crippen LogP contribution is 2.45. The van der Waals surface area contributed by atoms with Gasteiger partial charge in [0.25, 0.3) is 0 Å². The van der Waals surface area contributed by atoms with E-state index in [0.717, 1.165) is 44.1 Å². The topological polar surface area (TPSA) is 51.4 Å². The molecule has 1 aromatic heterocycles. The molecule has 1 saturated heterocycles. The van der Waals surface area contributed by atoms with Gasteiger partial charge in [-0.3, -0.25) is 4.90 Å². The molecule has 1 aliphatic carbocycles. The van der Waals surface area contributed by atoms with Gasteiger partial charge in [0.2, 0.25) is 5.89 Å². The zero-order valence-electron chi connectivity index (χ0n) is 17.3. The number of hydrogen-bond donors (Lipinski definition) is 0. The summed E-state index contributed by atoms with van der Waals surface area (Å²) in [6.07, 6.45) is 9.83. The first-order valence-corrected chi connectivity index (χ1v) is 10.9. The smallest absolute Gasteiger partial charge is 0.240 e. The quantitative estimate of drug-likeness (QED) is 0.698. The van der Waals surface area contributed by atoms with Gasteiger partial charge in [-0.25, -0.2) is 0 Å². The fourth-order valence-electron chi connectivity index (χ4n) is 4.72. The van der Waals surface area contributed by atoms with Gasteiger partial charge in [-0.1, -0.05) is 47.8 Å². The first kappa shape index (κ1) is 19.6. The van der Waals surface area contributed by atoms with Crippen molar-refractivity contribution in [3.8, 4) is 0 Å². The van der Waals surface area contributed by atoms with E-state index in [4.69, 9.17) is 14.2 Å². The molecule has 0 N–H and O–H groups in total. The Morgan fingerprint density at radius 3 is 2.61 bits per heavy atom. The highest BCUT2D eigenvalue weighted by Gasteiger charge is 2.41. The Morgan fingerprint density at radius 2 is 1.89 bits per heavy atom. The first-order valence-electron chi connectivity index (χ1n) is 10.9. The third-order valence-corrected chi connectivity index (χ3v) is 6.47. The van der Waals surface area contributed by atoms with Gasteiger partial charge < -0.3 is 9.26 Å². The van der Waals surface area contributed by atoms with Gasteiger partial charge in [-0.2, -0.15) is 4.98 Å². The fourth-order valence-corrected chi connectivity index (χ4v) is 4.72. The Morgan fingerprint density at radius 1 is 1.11 bits per heavy atom. The van der Waals surface area contributed by atoms with Crippen molar-refractivity contribution in [2.45, 2.75) is 76.4 Å². The number of benzene rings is 1. The van der Waals surface area contributed by atoms with E-state index >= 15 is 0 Å². The Hall–Kier alpha value is -1.72. The van der Waals surface area contributed by atoms with Crippen molar-refractivity contribution in [3.63, 3.8) is 0 Å². The molecule has 28 heavy (non-hydrogen) atoms. The molecular formula is C23H33N3O2. The lowest BCUT2D eigenvalue weighted by atomic mass is 9.78. The maximum Gasteiger partial charge on any atom is 0.240 e. The normalized spacial score (nSPS) is 22.0. The van der Waals surface area contributed by atoms with Gasteiger partial charge in [-0.15, -0.1) is 0 Å². The van der Waals surface area contributed by atoms with E-state index in [-0.39, 0.29) is 5.41 Å². The molecule has 5 heteroatoms. The second-order valence-electron chi connectivity index (χ2n) is 8.68. The summed E-state index contributed by atoms with van der Waals surface area (Å²) in [7, 11) is 2.12. The van der Waals surface area contributed by atoms with Gasteiger partial charge in [-0.05, 0) is 58.1 Å². The zero-order chi connectivity index (χ0) is 19.4. The third-order valence-electron chi connectivity index (χ3n) is 6.47. The summed E-state index contributed by atoms with van der Waals surface area (Å²) in [5.41, 5.74) is 2.53. The monoisotopic (exact) mass is 383 g/mol. The summed E-state index contributed by atoms with van der Waals surface area (Å²) in [6.45, 7) is 4.74. The molecule has 1 aliphatic heterocycles. The highest BCUT2D eigenvalue weighted by molar-refractivity contribution is 5.35. The average molecular weight is 384 g/mol. The second kappa shape index (κ2) is 8.75. The molecule has 0 spiro atoms. The van der Waals surface area contributed by atoms with E-state index in [1.165, 1.54) is 43.2 Å². The Bertz CT molecular complexity index is 743. The molecule has 0 radical (unpaired) electrons. The standard InChI is InChI=1S/C23H33N3O2/c1-18-8-10-19(11-9-18)23(13-4-5-14-23)22-24-21(28-25-22)17-26(2)15-12-20-7-3-6-16-27-20/h8-11,20H,3-7,12-17H2,1-2H3. The molecule has 2 aliphatic rings. The van der Waals surface area contributed by atoms with Crippen LogP contribution in [0, 0.1) is 6.92 Å². The molecule has 5 nitrogen and oxygen atoms in total. The van der Waals surface area contributed by atoms with Gasteiger partial charge in [0.05, 0.1) is 18.1 Å². The van der Waals surface area contributed by atoms with Crippen molar-refractivity contribution in [3.05, 3.63) is 47.1 Å². The summed E-state index contributed by atoms with van der Waals surface area (Å²) in [5, 5.41) is 4.43. The number of aryl methyl sites for hydroxylation is 1. The summed E-state index contributed by atoms with van der Waals surface area (Å²) in [4.78, 5) is 7.11.